The molecule has 0 radical (unpaired) electrons. The lowest BCUT2D eigenvalue weighted by atomic mass is 10.2. The van der Waals surface area contributed by atoms with Gasteiger partial charge in [0.05, 0.1) is 22.5 Å². The van der Waals surface area contributed by atoms with Crippen LogP contribution in [-0.4, -0.2) is 41.4 Å². The Balaban J connectivity index is 1.91. The van der Waals surface area contributed by atoms with Crippen LogP contribution >= 0.6 is 11.6 Å². The number of aromatic nitrogens is 2. The van der Waals surface area contributed by atoms with Gasteiger partial charge in [-0.05, 0) is 42.8 Å². The largest absolute Gasteiger partial charge is 0.325 e. The molecular formula is C20H21ClN4O5S. The van der Waals surface area contributed by atoms with E-state index in [2.05, 4.69) is 5.32 Å². The molecule has 0 bridgehead atoms. The summed E-state index contributed by atoms with van der Waals surface area (Å²) in [5.41, 5.74) is 0.475. The first kappa shape index (κ1) is 22.7. The fourth-order valence-electron chi connectivity index (χ4n) is 3.11. The van der Waals surface area contributed by atoms with Crippen LogP contribution in [0, 0.1) is 6.92 Å². The van der Waals surface area contributed by atoms with Gasteiger partial charge in [0.25, 0.3) is 0 Å². The van der Waals surface area contributed by atoms with Crippen molar-refractivity contribution in [1.82, 2.24) is 13.4 Å². The summed E-state index contributed by atoms with van der Waals surface area (Å²) in [7, 11) is 0.0713. The summed E-state index contributed by atoms with van der Waals surface area (Å²) in [6, 6.07) is 9.10. The molecule has 11 heteroatoms. The predicted molar refractivity (Wildman–Crippen MR) is 119 cm³/mol. The van der Waals surface area contributed by atoms with Crippen LogP contribution in [0.3, 0.4) is 0 Å². The fourth-order valence-corrected chi connectivity index (χ4v) is 4.43. The summed E-state index contributed by atoms with van der Waals surface area (Å²) < 4.78 is 29.2. The highest BCUT2D eigenvalue weighted by Crippen LogP contribution is 2.22. The number of benzene rings is 2. The first-order valence-electron chi connectivity index (χ1n) is 9.15. The van der Waals surface area contributed by atoms with Gasteiger partial charge in [-0.15, -0.1) is 0 Å². The van der Waals surface area contributed by atoms with Gasteiger partial charge in [0, 0.05) is 31.9 Å². The smallest absolute Gasteiger partial charge is 0.316 e. The zero-order valence-electron chi connectivity index (χ0n) is 17.3. The third-order valence-electron chi connectivity index (χ3n) is 5.01. The van der Waals surface area contributed by atoms with E-state index in [4.69, 9.17) is 11.6 Å². The molecule has 2 aromatic carbocycles. The van der Waals surface area contributed by atoms with Crippen molar-refractivity contribution in [2.75, 3.05) is 18.9 Å². The Kier molecular flexibility index (Phi) is 6.08. The minimum atomic E-state index is -4.04. The Morgan fingerprint density at radius 2 is 1.65 bits per heavy atom. The van der Waals surface area contributed by atoms with Gasteiger partial charge in [0.15, 0.2) is 0 Å². The van der Waals surface area contributed by atoms with Gasteiger partial charge in [-0.25, -0.2) is 8.42 Å². The van der Waals surface area contributed by atoms with E-state index in [1.165, 1.54) is 43.9 Å². The molecule has 0 aliphatic heterocycles. The number of aryl methyl sites for hydroxylation is 3. The topological polar surface area (TPSA) is 110 Å². The normalized spacial score (nSPS) is 11.8. The minimum absolute atomic E-state index is 0.108. The molecule has 0 aliphatic carbocycles. The van der Waals surface area contributed by atoms with E-state index >= 15 is 0 Å². The highest BCUT2D eigenvalue weighted by molar-refractivity contribution is 7.89. The maximum Gasteiger partial charge on any atom is 0.316 e. The Hall–Kier alpha value is -2.95. The zero-order chi connectivity index (χ0) is 23.1. The number of hydrogen-bond acceptors (Lipinski definition) is 5. The number of likely N-dealkylation sites (N-methyl/N-ethyl adjacent to an activating group) is 1. The SMILES string of the molecule is Cc1ccc(Cl)cc1NC(=O)CN(C)S(=O)(=O)c1ccc2c(c1)n(C)c(=O)c(=O)n2C. The molecule has 0 saturated heterocycles. The first-order valence-corrected chi connectivity index (χ1v) is 11.0. The summed E-state index contributed by atoms with van der Waals surface area (Å²) in [5, 5.41) is 3.10. The lowest BCUT2D eigenvalue weighted by Crippen LogP contribution is -2.39. The van der Waals surface area contributed by atoms with Crippen LogP contribution in [0.15, 0.2) is 50.9 Å². The van der Waals surface area contributed by atoms with Gasteiger partial charge in [-0.2, -0.15) is 4.31 Å². The average molecular weight is 465 g/mol. The van der Waals surface area contributed by atoms with E-state index in [-0.39, 0.29) is 10.4 Å². The molecule has 0 atom stereocenters. The molecule has 3 aromatic rings. The van der Waals surface area contributed by atoms with E-state index in [0.717, 1.165) is 14.4 Å². The lowest BCUT2D eigenvalue weighted by molar-refractivity contribution is -0.116. The zero-order valence-corrected chi connectivity index (χ0v) is 18.9. The van der Waals surface area contributed by atoms with E-state index in [0.29, 0.717) is 16.2 Å². The molecule has 0 saturated carbocycles. The summed E-state index contributed by atoms with van der Waals surface area (Å²) in [6.45, 7) is 1.36. The molecule has 1 N–H and O–H groups in total. The Labute approximate surface area is 183 Å². The number of nitrogens with one attached hydrogen (secondary N) is 1. The summed E-state index contributed by atoms with van der Waals surface area (Å²) in [4.78, 5) is 36.3. The second kappa shape index (κ2) is 8.29. The molecular weight excluding hydrogens is 444 g/mol. The molecule has 9 nitrogen and oxygen atoms in total. The predicted octanol–water partition coefficient (Wildman–Crippen LogP) is 1.46. The van der Waals surface area contributed by atoms with E-state index < -0.39 is 33.6 Å². The third kappa shape index (κ3) is 4.27. The molecule has 0 fully saturated rings. The Morgan fingerprint density at radius 1 is 1.03 bits per heavy atom. The molecule has 1 amide bonds. The molecule has 1 heterocycles. The van der Waals surface area contributed by atoms with Gasteiger partial charge >= 0.3 is 11.1 Å². The number of sulfonamides is 1. The average Bonchev–Trinajstić information content (AvgIpc) is 2.72. The van der Waals surface area contributed by atoms with Crippen LogP contribution in [0.25, 0.3) is 11.0 Å². The maximum atomic E-state index is 13.0. The number of anilines is 1. The van der Waals surface area contributed by atoms with Crippen molar-refractivity contribution >= 4 is 44.3 Å². The molecule has 3 rings (SSSR count). The molecule has 1 aromatic heterocycles. The van der Waals surface area contributed by atoms with E-state index in [9.17, 15) is 22.8 Å². The number of fused-ring (bicyclic) bond motifs is 1. The van der Waals surface area contributed by atoms with Gasteiger partial charge in [-0.3, -0.25) is 14.4 Å². The van der Waals surface area contributed by atoms with Crippen molar-refractivity contribution in [3.63, 3.8) is 0 Å². The van der Waals surface area contributed by atoms with Crippen molar-refractivity contribution in [2.45, 2.75) is 11.8 Å². The fraction of sp³-hybridized carbons (Fsp3) is 0.250. The number of rotatable bonds is 5. The van der Waals surface area contributed by atoms with Gasteiger partial charge in [0.1, 0.15) is 0 Å². The van der Waals surface area contributed by atoms with Gasteiger partial charge in [0.2, 0.25) is 15.9 Å². The van der Waals surface area contributed by atoms with Crippen molar-refractivity contribution in [2.24, 2.45) is 14.1 Å². The second-order valence-corrected chi connectivity index (χ2v) is 9.63. The van der Waals surface area contributed by atoms with Crippen LogP contribution < -0.4 is 16.4 Å². The van der Waals surface area contributed by atoms with Crippen LogP contribution in [-0.2, 0) is 28.9 Å². The van der Waals surface area contributed by atoms with Crippen LogP contribution in [0.4, 0.5) is 5.69 Å². The highest BCUT2D eigenvalue weighted by atomic mass is 35.5. The van der Waals surface area contributed by atoms with Crippen LogP contribution in [0.5, 0.6) is 0 Å². The molecule has 0 unspecified atom stereocenters. The first-order chi connectivity index (χ1) is 14.4. The number of halogens is 1. The number of nitrogens with zero attached hydrogens (tertiary/aromatic N) is 3. The Bertz CT molecular complexity index is 1430. The summed E-state index contributed by atoms with van der Waals surface area (Å²) in [5.74, 6) is -0.535. The molecule has 31 heavy (non-hydrogen) atoms. The van der Waals surface area contributed by atoms with Crippen molar-refractivity contribution in [3.05, 3.63) is 67.7 Å². The van der Waals surface area contributed by atoms with Crippen molar-refractivity contribution < 1.29 is 13.2 Å². The second-order valence-electron chi connectivity index (χ2n) is 7.15. The number of carbonyl (C=O) groups excluding carboxylic acids is 1. The number of amides is 1. The standard InChI is InChI=1S/C20H21ClN4O5S/c1-12-5-6-13(21)9-15(12)22-18(26)11-23(2)31(29,30)14-7-8-16-17(10-14)25(4)20(28)19(27)24(16)3/h5-10H,11H2,1-4H3,(H,22,26). The number of carbonyl (C=O) groups is 1. The monoisotopic (exact) mass is 464 g/mol. The summed E-state index contributed by atoms with van der Waals surface area (Å²) in [6.07, 6.45) is 0. The van der Waals surface area contributed by atoms with E-state index in [1.54, 1.807) is 25.1 Å². The van der Waals surface area contributed by atoms with Crippen LogP contribution in [0.2, 0.25) is 5.02 Å². The minimum Gasteiger partial charge on any atom is -0.325 e. The maximum absolute atomic E-state index is 13.0. The summed E-state index contributed by atoms with van der Waals surface area (Å²) >= 11 is 5.95. The van der Waals surface area contributed by atoms with Gasteiger partial charge in [-0.1, -0.05) is 17.7 Å². The highest BCUT2D eigenvalue weighted by Gasteiger charge is 2.24. The van der Waals surface area contributed by atoms with Crippen molar-refractivity contribution in [3.8, 4) is 0 Å². The van der Waals surface area contributed by atoms with Gasteiger partial charge < -0.3 is 14.5 Å². The molecule has 164 valence electrons. The quantitative estimate of drug-likeness (QED) is 0.575. The number of hydrogen-bond donors (Lipinski definition) is 1. The molecule has 0 aliphatic rings. The molecule has 0 spiro atoms. The lowest BCUT2D eigenvalue weighted by Gasteiger charge is -2.18. The van der Waals surface area contributed by atoms with E-state index in [1.807, 2.05) is 0 Å². The third-order valence-corrected chi connectivity index (χ3v) is 7.04. The van der Waals surface area contributed by atoms with Crippen LogP contribution in [0.1, 0.15) is 5.56 Å². The van der Waals surface area contributed by atoms with Crippen molar-refractivity contribution in [1.29, 1.82) is 0 Å². The Morgan fingerprint density at radius 3 is 2.29 bits per heavy atom.